The molecule has 0 saturated carbocycles. The van der Waals surface area contributed by atoms with Crippen LogP contribution in [-0.2, 0) is 11.3 Å². The fraction of sp³-hybridized carbons (Fsp3) is 0.333. The SMILES string of the molecule is CNC(CNCc1ccc2[nH]c(=O)oc2c1)C(=O)O. The second-order valence-corrected chi connectivity index (χ2v) is 4.16. The number of aromatic nitrogens is 1. The van der Waals surface area contributed by atoms with Crippen molar-refractivity contribution in [2.24, 2.45) is 0 Å². The number of carboxylic acids is 1. The molecule has 2 aromatic rings. The zero-order chi connectivity index (χ0) is 13.8. The minimum Gasteiger partial charge on any atom is -0.480 e. The zero-order valence-electron chi connectivity index (χ0n) is 10.4. The first-order valence-electron chi connectivity index (χ1n) is 5.82. The maximum Gasteiger partial charge on any atom is 0.417 e. The predicted octanol–water partition coefficient (Wildman–Crippen LogP) is -0.117. The van der Waals surface area contributed by atoms with Crippen LogP contribution in [0.15, 0.2) is 27.4 Å². The molecular weight excluding hydrogens is 250 g/mol. The molecule has 0 saturated heterocycles. The maximum atomic E-state index is 11.0. The van der Waals surface area contributed by atoms with Crippen molar-refractivity contribution in [1.29, 1.82) is 0 Å². The van der Waals surface area contributed by atoms with E-state index in [-0.39, 0.29) is 0 Å². The summed E-state index contributed by atoms with van der Waals surface area (Å²) in [6, 6.07) is 4.71. The van der Waals surface area contributed by atoms with Crippen LogP contribution in [0.2, 0.25) is 0 Å². The molecule has 0 fully saturated rings. The molecule has 4 N–H and O–H groups in total. The van der Waals surface area contributed by atoms with Gasteiger partial charge in [-0.15, -0.1) is 0 Å². The summed E-state index contributed by atoms with van der Waals surface area (Å²) in [7, 11) is 1.60. The number of hydrogen-bond acceptors (Lipinski definition) is 5. The number of aliphatic carboxylic acids is 1. The smallest absolute Gasteiger partial charge is 0.417 e. The molecule has 0 spiro atoms. The van der Waals surface area contributed by atoms with Crippen LogP contribution in [-0.4, -0.2) is 35.7 Å². The molecule has 0 radical (unpaired) electrons. The Morgan fingerprint density at radius 2 is 2.32 bits per heavy atom. The second-order valence-electron chi connectivity index (χ2n) is 4.16. The highest BCUT2D eigenvalue weighted by molar-refractivity contribution is 5.74. The number of aromatic amines is 1. The van der Waals surface area contributed by atoms with Gasteiger partial charge in [0.2, 0.25) is 0 Å². The van der Waals surface area contributed by atoms with E-state index in [4.69, 9.17) is 9.52 Å². The molecule has 2 rings (SSSR count). The predicted molar refractivity (Wildman–Crippen MR) is 69.0 cm³/mol. The Hall–Kier alpha value is -2.12. The average molecular weight is 265 g/mol. The highest BCUT2D eigenvalue weighted by Crippen LogP contribution is 2.11. The Labute approximate surface area is 108 Å². The third-order valence-electron chi connectivity index (χ3n) is 2.81. The molecule has 0 aliphatic carbocycles. The van der Waals surface area contributed by atoms with Gasteiger partial charge in [0.25, 0.3) is 0 Å². The van der Waals surface area contributed by atoms with Crippen LogP contribution >= 0.6 is 0 Å². The van der Waals surface area contributed by atoms with Crippen molar-refractivity contribution >= 4 is 17.1 Å². The number of likely N-dealkylation sites (N-methyl/N-ethyl adjacent to an activating group) is 1. The van der Waals surface area contributed by atoms with Crippen LogP contribution < -0.4 is 16.4 Å². The fourth-order valence-electron chi connectivity index (χ4n) is 1.77. The summed E-state index contributed by atoms with van der Waals surface area (Å²) in [5.74, 6) is -1.39. The van der Waals surface area contributed by atoms with Crippen molar-refractivity contribution < 1.29 is 14.3 Å². The van der Waals surface area contributed by atoms with Crippen LogP contribution in [0, 0.1) is 0 Å². The first-order valence-corrected chi connectivity index (χ1v) is 5.82. The lowest BCUT2D eigenvalue weighted by molar-refractivity contribution is -0.139. The Morgan fingerprint density at radius 1 is 1.53 bits per heavy atom. The summed E-state index contributed by atoms with van der Waals surface area (Å²) in [5, 5.41) is 14.6. The van der Waals surface area contributed by atoms with Gasteiger partial charge in [-0.05, 0) is 24.7 Å². The van der Waals surface area contributed by atoms with Crippen molar-refractivity contribution in [2.45, 2.75) is 12.6 Å². The first-order chi connectivity index (χ1) is 9.10. The van der Waals surface area contributed by atoms with Crippen molar-refractivity contribution in [3.05, 3.63) is 34.3 Å². The van der Waals surface area contributed by atoms with Crippen LogP contribution in [0.4, 0.5) is 0 Å². The summed E-state index contributed by atoms with van der Waals surface area (Å²) in [4.78, 5) is 24.4. The molecular formula is C12H15N3O4. The summed E-state index contributed by atoms with van der Waals surface area (Å²) < 4.78 is 4.95. The Morgan fingerprint density at radius 3 is 3.00 bits per heavy atom. The lowest BCUT2D eigenvalue weighted by atomic mass is 10.2. The zero-order valence-corrected chi connectivity index (χ0v) is 10.4. The number of H-pyrrole nitrogens is 1. The minimum absolute atomic E-state index is 0.307. The molecule has 0 aliphatic heterocycles. The molecule has 1 aromatic heterocycles. The standard InChI is InChI=1S/C12H15N3O4/c1-13-9(11(16)17)6-14-5-7-2-3-8-10(4-7)19-12(18)15-8/h2-4,9,13-14H,5-6H2,1H3,(H,15,18)(H,16,17). The van der Waals surface area contributed by atoms with Gasteiger partial charge in [-0.1, -0.05) is 6.07 Å². The van der Waals surface area contributed by atoms with Gasteiger partial charge in [0, 0.05) is 13.1 Å². The highest BCUT2D eigenvalue weighted by Gasteiger charge is 2.13. The van der Waals surface area contributed by atoms with Gasteiger partial charge in [-0.25, -0.2) is 4.79 Å². The van der Waals surface area contributed by atoms with E-state index in [9.17, 15) is 9.59 Å². The Kier molecular flexibility index (Phi) is 3.98. The molecule has 1 atom stereocenters. The van der Waals surface area contributed by atoms with E-state index in [1.807, 2.05) is 6.07 Å². The monoisotopic (exact) mass is 265 g/mol. The van der Waals surface area contributed by atoms with Crippen molar-refractivity contribution in [1.82, 2.24) is 15.6 Å². The molecule has 102 valence electrons. The normalized spacial score (nSPS) is 12.7. The average Bonchev–Trinajstić information content (AvgIpc) is 2.73. The van der Waals surface area contributed by atoms with Gasteiger partial charge >= 0.3 is 11.7 Å². The number of nitrogens with one attached hydrogen (secondary N) is 3. The third kappa shape index (κ3) is 3.21. The van der Waals surface area contributed by atoms with E-state index < -0.39 is 17.8 Å². The first kappa shape index (κ1) is 13.3. The van der Waals surface area contributed by atoms with Crippen LogP contribution in [0.25, 0.3) is 11.1 Å². The Bertz CT molecular complexity index is 631. The van der Waals surface area contributed by atoms with Gasteiger partial charge in [-0.3, -0.25) is 9.78 Å². The highest BCUT2D eigenvalue weighted by atomic mass is 16.4. The number of carbonyl (C=O) groups is 1. The molecule has 1 heterocycles. The van der Waals surface area contributed by atoms with Gasteiger partial charge < -0.3 is 20.2 Å². The molecule has 1 aromatic carbocycles. The van der Waals surface area contributed by atoms with E-state index >= 15 is 0 Å². The third-order valence-corrected chi connectivity index (χ3v) is 2.81. The van der Waals surface area contributed by atoms with Crippen LogP contribution in [0.1, 0.15) is 5.56 Å². The lowest BCUT2D eigenvalue weighted by Crippen LogP contribution is -2.42. The number of carboxylic acid groups (broad SMARTS) is 1. The van der Waals surface area contributed by atoms with E-state index in [0.29, 0.717) is 24.2 Å². The van der Waals surface area contributed by atoms with Gasteiger partial charge in [0.1, 0.15) is 6.04 Å². The Balaban J connectivity index is 1.98. The second kappa shape index (κ2) is 5.68. The molecule has 7 nitrogen and oxygen atoms in total. The largest absolute Gasteiger partial charge is 0.480 e. The van der Waals surface area contributed by atoms with Crippen LogP contribution in [0.3, 0.4) is 0 Å². The summed E-state index contributed by atoms with van der Waals surface area (Å²) in [5.41, 5.74) is 2.05. The van der Waals surface area contributed by atoms with E-state index in [0.717, 1.165) is 5.56 Å². The maximum absolute atomic E-state index is 11.0. The molecule has 0 bridgehead atoms. The van der Waals surface area contributed by atoms with Gasteiger partial charge in [-0.2, -0.15) is 0 Å². The topological polar surface area (TPSA) is 107 Å². The summed E-state index contributed by atoms with van der Waals surface area (Å²) in [6.45, 7) is 0.803. The number of hydrogen-bond donors (Lipinski definition) is 4. The fourth-order valence-corrected chi connectivity index (χ4v) is 1.77. The minimum atomic E-state index is -0.901. The van der Waals surface area contributed by atoms with Crippen molar-refractivity contribution in [2.75, 3.05) is 13.6 Å². The van der Waals surface area contributed by atoms with Gasteiger partial charge in [0.05, 0.1) is 5.52 Å². The van der Waals surface area contributed by atoms with Crippen molar-refractivity contribution in [3.63, 3.8) is 0 Å². The van der Waals surface area contributed by atoms with E-state index in [1.54, 1.807) is 19.2 Å². The molecule has 0 aliphatic rings. The lowest BCUT2D eigenvalue weighted by Gasteiger charge is -2.12. The van der Waals surface area contributed by atoms with E-state index in [1.165, 1.54) is 0 Å². The summed E-state index contributed by atoms with van der Waals surface area (Å²) >= 11 is 0. The van der Waals surface area contributed by atoms with Crippen molar-refractivity contribution in [3.8, 4) is 0 Å². The molecule has 7 heteroatoms. The molecule has 19 heavy (non-hydrogen) atoms. The molecule has 0 amide bonds. The number of fused-ring (bicyclic) bond motifs is 1. The summed E-state index contributed by atoms with van der Waals surface area (Å²) in [6.07, 6.45) is 0. The number of benzene rings is 1. The van der Waals surface area contributed by atoms with Crippen LogP contribution in [0.5, 0.6) is 0 Å². The molecule has 1 unspecified atom stereocenters. The number of oxazole rings is 1. The van der Waals surface area contributed by atoms with E-state index in [2.05, 4.69) is 15.6 Å². The quantitative estimate of drug-likeness (QED) is 0.580. The number of rotatable bonds is 6. The van der Waals surface area contributed by atoms with Gasteiger partial charge in [0.15, 0.2) is 5.58 Å².